The number of hydrogen-bond donors (Lipinski definition) is 2. The molecule has 0 bridgehead atoms. The van der Waals surface area contributed by atoms with E-state index < -0.39 is 0 Å². The van der Waals surface area contributed by atoms with Crippen LogP contribution in [0, 0.1) is 13.8 Å². The third kappa shape index (κ3) is 5.93. The van der Waals surface area contributed by atoms with Crippen LogP contribution in [0.5, 0.6) is 0 Å². The largest absolute Gasteiger partial charge is 0.357 e. The molecule has 0 fully saturated rings. The molecule has 2 N–H and O–H groups in total. The molecular formula is C16H31N5S. The maximum Gasteiger partial charge on any atom is 0.191 e. The van der Waals surface area contributed by atoms with Gasteiger partial charge in [0.2, 0.25) is 0 Å². The number of aromatic nitrogens is 1. The Bertz CT molecular complexity index is 465. The minimum atomic E-state index is 0.492. The van der Waals surface area contributed by atoms with Gasteiger partial charge < -0.3 is 10.6 Å². The van der Waals surface area contributed by atoms with E-state index in [0.29, 0.717) is 12.6 Å². The van der Waals surface area contributed by atoms with Crippen molar-refractivity contribution in [2.75, 3.05) is 26.2 Å². The molecule has 1 rings (SSSR count). The second-order valence-electron chi connectivity index (χ2n) is 5.39. The van der Waals surface area contributed by atoms with Crippen LogP contribution in [0.25, 0.3) is 0 Å². The first-order valence-electron chi connectivity index (χ1n) is 8.20. The van der Waals surface area contributed by atoms with Crippen molar-refractivity contribution < 1.29 is 0 Å². The van der Waals surface area contributed by atoms with Crippen molar-refractivity contribution in [3.05, 3.63) is 15.6 Å². The summed E-state index contributed by atoms with van der Waals surface area (Å²) < 4.78 is 0. The predicted molar refractivity (Wildman–Crippen MR) is 96.8 cm³/mol. The van der Waals surface area contributed by atoms with E-state index in [1.54, 1.807) is 11.3 Å². The van der Waals surface area contributed by atoms with Crippen LogP contribution in [0.15, 0.2) is 4.99 Å². The number of nitrogens with zero attached hydrogens (tertiary/aromatic N) is 3. The van der Waals surface area contributed by atoms with E-state index >= 15 is 0 Å². The highest BCUT2D eigenvalue weighted by Crippen LogP contribution is 2.17. The molecule has 0 saturated carbocycles. The fourth-order valence-corrected chi connectivity index (χ4v) is 3.29. The summed E-state index contributed by atoms with van der Waals surface area (Å²) in [6.07, 6.45) is 0. The molecule has 0 radical (unpaired) electrons. The molecule has 1 aromatic heterocycles. The van der Waals surface area contributed by atoms with Crippen LogP contribution >= 0.6 is 11.3 Å². The second-order valence-corrected chi connectivity index (χ2v) is 6.68. The van der Waals surface area contributed by atoms with Crippen LogP contribution in [0.2, 0.25) is 0 Å². The summed E-state index contributed by atoms with van der Waals surface area (Å²) in [6.45, 7) is 17.4. The van der Waals surface area contributed by atoms with Crippen LogP contribution in [-0.4, -0.2) is 48.1 Å². The number of aryl methyl sites for hydroxylation is 2. The number of nitrogens with one attached hydrogen (secondary N) is 2. The summed E-state index contributed by atoms with van der Waals surface area (Å²) in [6, 6.07) is 0.492. The zero-order valence-electron chi connectivity index (χ0n) is 14.9. The molecule has 0 aliphatic rings. The Balaban J connectivity index is 2.60. The van der Waals surface area contributed by atoms with Crippen molar-refractivity contribution in [2.24, 2.45) is 4.99 Å². The summed E-state index contributed by atoms with van der Waals surface area (Å²) in [5.74, 6) is 0.881. The minimum absolute atomic E-state index is 0.492. The third-order valence-corrected chi connectivity index (χ3v) is 4.78. The van der Waals surface area contributed by atoms with Crippen molar-refractivity contribution in [3.8, 4) is 0 Å². The molecule has 0 saturated heterocycles. The fourth-order valence-electron chi connectivity index (χ4n) is 2.43. The monoisotopic (exact) mass is 325 g/mol. The first-order chi connectivity index (χ1) is 10.5. The molecule has 0 amide bonds. The van der Waals surface area contributed by atoms with Crippen LogP contribution in [0.3, 0.4) is 0 Å². The van der Waals surface area contributed by atoms with Gasteiger partial charge in [-0.3, -0.25) is 4.90 Å². The number of guanidine groups is 1. The summed E-state index contributed by atoms with van der Waals surface area (Å²) in [5, 5.41) is 7.87. The van der Waals surface area contributed by atoms with Crippen LogP contribution in [0.1, 0.15) is 43.3 Å². The van der Waals surface area contributed by atoms with Crippen molar-refractivity contribution in [1.82, 2.24) is 20.5 Å². The number of aliphatic imine (C=N–C) groups is 1. The number of likely N-dealkylation sites (N-methyl/N-ethyl adjacent to an activating group) is 1. The van der Waals surface area contributed by atoms with Crippen LogP contribution < -0.4 is 10.6 Å². The molecule has 1 atom stereocenters. The van der Waals surface area contributed by atoms with Crippen LogP contribution in [-0.2, 0) is 6.54 Å². The van der Waals surface area contributed by atoms with Gasteiger partial charge in [-0.2, -0.15) is 0 Å². The predicted octanol–water partition coefficient (Wildman–Crippen LogP) is 2.55. The molecule has 6 heteroatoms. The number of rotatable bonds is 8. The summed E-state index contributed by atoms with van der Waals surface area (Å²) in [5.41, 5.74) is 1.10. The van der Waals surface area contributed by atoms with Gasteiger partial charge in [-0.05, 0) is 40.8 Å². The second kappa shape index (κ2) is 9.79. The van der Waals surface area contributed by atoms with E-state index in [1.165, 1.54) is 4.88 Å². The highest BCUT2D eigenvalue weighted by atomic mass is 32.1. The number of hydrogen-bond acceptors (Lipinski definition) is 4. The molecule has 1 heterocycles. The zero-order valence-corrected chi connectivity index (χ0v) is 15.7. The fraction of sp³-hybridized carbons (Fsp3) is 0.750. The SMILES string of the molecule is CCNC(=NCc1sc(C)nc1C)NCC(C)N(CC)CC. The van der Waals surface area contributed by atoms with Gasteiger partial charge in [-0.1, -0.05) is 13.8 Å². The van der Waals surface area contributed by atoms with Gasteiger partial charge in [0.05, 0.1) is 17.2 Å². The maximum atomic E-state index is 4.69. The highest BCUT2D eigenvalue weighted by Gasteiger charge is 2.10. The zero-order chi connectivity index (χ0) is 16.5. The maximum absolute atomic E-state index is 4.69. The summed E-state index contributed by atoms with van der Waals surface area (Å²) >= 11 is 1.73. The van der Waals surface area contributed by atoms with Crippen molar-refractivity contribution >= 4 is 17.3 Å². The lowest BCUT2D eigenvalue weighted by Gasteiger charge is -2.27. The van der Waals surface area contributed by atoms with Crippen molar-refractivity contribution in [2.45, 2.75) is 54.1 Å². The molecular weight excluding hydrogens is 294 g/mol. The first kappa shape index (κ1) is 18.9. The van der Waals surface area contributed by atoms with Crippen LogP contribution in [0.4, 0.5) is 0 Å². The Morgan fingerprint density at radius 1 is 1.23 bits per heavy atom. The van der Waals surface area contributed by atoms with Crippen molar-refractivity contribution in [1.29, 1.82) is 0 Å². The molecule has 0 aliphatic carbocycles. The normalized spacial score (nSPS) is 13.5. The van der Waals surface area contributed by atoms with E-state index in [9.17, 15) is 0 Å². The molecule has 1 aromatic rings. The molecule has 5 nitrogen and oxygen atoms in total. The number of thiazole rings is 1. The average molecular weight is 326 g/mol. The lowest BCUT2D eigenvalue weighted by molar-refractivity contribution is 0.231. The Morgan fingerprint density at radius 2 is 1.91 bits per heavy atom. The average Bonchev–Trinajstić information content (AvgIpc) is 2.81. The van der Waals surface area contributed by atoms with Crippen molar-refractivity contribution in [3.63, 3.8) is 0 Å². The lowest BCUT2D eigenvalue weighted by Crippen LogP contribution is -2.45. The summed E-state index contributed by atoms with van der Waals surface area (Å²) in [7, 11) is 0. The molecule has 0 spiro atoms. The molecule has 0 aromatic carbocycles. The molecule has 1 unspecified atom stereocenters. The van der Waals surface area contributed by atoms with Gasteiger partial charge in [-0.25, -0.2) is 9.98 Å². The van der Waals surface area contributed by atoms with Gasteiger partial charge in [-0.15, -0.1) is 11.3 Å². The Kier molecular flexibility index (Phi) is 8.42. The molecule has 126 valence electrons. The quantitative estimate of drug-likeness (QED) is 0.570. The highest BCUT2D eigenvalue weighted by molar-refractivity contribution is 7.11. The van der Waals surface area contributed by atoms with E-state index in [-0.39, 0.29) is 0 Å². The van der Waals surface area contributed by atoms with E-state index in [4.69, 9.17) is 0 Å². The molecule has 22 heavy (non-hydrogen) atoms. The van der Waals surface area contributed by atoms with Gasteiger partial charge in [0.25, 0.3) is 0 Å². The van der Waals surface area contributed by atoms with E-state index in [2.05, 4.69) is 60.1 Å². The summed E-state index contributed by atoms with van der Waals surface area (Å²) in [4.78, 5) is 12.8. The molecule has 0 aliphatic heterocycles. The third-order valence-electron chi connectivity index (χ3n) is 3.73. The van der Waals surface area contributed by atoms with Gasteiger partial charge in [0.15, 0.2) is 5.96 Å². The lowest BCUT2D eigenvalue weighted by atomic mass is 10.3. The standard InChI is InChI=1S/C16H31N5S/c1-7-17-16(18-10-12(4)21(8-2)9-3)19-11-15-13(5)20-14(6)22-15/h12H,7-11H2,1-6H3,(H2,17,18,19). The van der Waals surface area contributed by atoms with E-state index in [0.717, 1.165) is 42.8 Å². The topological polar surface area (TPSA) is 52.6 Å². The van der Waals surface area contributed by atoms with Gasteiger partial charge in [0.1, 0.15) is 0 Å². The Morgan fingerprint density at radius 3 is 2.41 bits per heavy atom. The Labute approximate surface area is 139 Å². The smallest absolute Gasteiger partial charge is 0.191 e. The minimum Gasteiger partial charge on any atom is -0.357 e. The van der Waals surface area contributed by atoms with Gasteiger partial charge >= 0.3 is 0 Å². The van der Waals surface area contributed by atoms with Gasteiger partial charge in [0, 0.05) is 24.0 Å². The Hall–Kier alpha value is -1.14. The van der Waals surface area contributed by atoms with E-state index in [1.807, 2.05) is 6.92 Å². The first-order valence-corrected chi connectivity index (χ1v) is 9.02.